The molecule has 2 unspecified atom stereocenters. The first-order valence-electron chi connectivity index (χ1n) is 8.34. The molecule has 0 radical (unpaired) electrons. The van der Waals surface area contributed by atoms with Gasteiger partial charge in [-0.25, -0.2) is 8.42 Å². The molecule has 2 atom stereocenters. The minimum atomic E-state index is -3.17. The van der Waals surface area contributed by atoms with Gasteiger partial charge in [0.1, 0.15) is 5.75 Å². The Hall–Kier alpha value is -2.07. The van der Waals surface area contributed by atoms with Crippen LogP contribution in [0.15, 0.2) is 23.2 Å². The van der Waals surface area contributed by atoms with Crippen molar-refractivity contribution in [2.24, 2.45) is 4.99 Å². The number of hydrogen-bond acceptors (Lipinski definition) is 6. The van der Waals surface area contributed by atoms with Crippen LogP contribution in [0.25, 0.3) is 0 Å². The molecule has 2 heterocycles. The van der Waals surface area contributed by atoms with Gasteiger partial charge in [-0.15, -0.1) is 0 Å². The van der Waals surface area contributed by atoms with E-state index in [1.165, 1.54) is 18.9 Å². The van der Waals surface area contributed by atoms with Gasteiger partial charge in [0, 0.05) is 11.7 Å². The zero-order valence-electron chi connectivity index (χ0n) is 14.9. The van der Waals surface area contributed by atoms with Gasteiger partial charge in [-0.3, -0.25) is 9.59 Å². The fraction of sp³-hybridized carbons (Fsp3) is 0.471. The summed E-state index contributed by atoms with van der Waals surface area (Å²) >= 11 is 1.25. The number of amides is 1. The van der Waals surface area contributed by atoms with Gasteiger partial charge in [-0.05, 0) is 24.6 Å². The van der Waals surface area contributed by atoms with Gasteiger partial charge in [-0.1, -0.05) is 17.8 Å². The van der Waals surface area contributed by atoms with E-state index in [1.54, 1.807) is 11.0 Å². The van der Waals surface area contributed by atoms with Crippen molar-refractivity contribution >= 4 is 44.3 Å². The molecule has 0 aliphatic carbocycles. The third-order valence-corrected chi connectivity index (χ3v) is 7.64. The van der Waals surface area contributed by atoms with E-state index >= 15 is 0 Å². The van der Waals surface area contributed by atoms with E-state index in [0.717, 1.165) is 5.56 Å². The molecule has 1 aromatic carbocycles. The van der Waals surface area contributed by atoms with Gasteiger partial charge in [0.15, 0.2) is 15.0 Å². The Labute approximate surface area is 161 Å². The van der Waals surface area contributed by atoms with E-state index in [2.05, 4.69) is 4.99 Å². The normalized spacial score (nSPS) is 24.8. The number of aliphatic imine (C=N–C) groups is 1. The predicted molar refractivity (Wildman–Crippen MR) is 103 cm³/mol. The number of sulfone groups is 1. The van der Waals surface area contributed by atoms with E-state index in [0.29, 0.717) is 16.6 Å². The summed E-state index contributed by atoms with van der Waals surface area (Å²) in [4.78, 5) is 28.6. The van der Waals surface area contributed by atoms with Crippen LogP contribution >= 0.6 is 11.8 Å². The van der Waals surface area contributed by atoms with E-state index < -0.39 is 21.7 Å². The van der Waals surface area contributed by atoms with Gasteiger partial charge in [-0.2, -0.15) is 4.99 Å². The molecule has 0 bridgehead atoms. The minimum absolute atomic E-state index is 0.0231. The first-order chi connectivity index (χ1) is 12.7. The first-order valence-corrected chi connectivity index (χ1v) is 11.0. The Bertz CT molecular complexity index is 912. The molecular formula is C17H20N2O6S2. The molecule has 0 aromatic heterocycles. The monoisotopic (exact) mass is 412 g/mol. The highest BCUT2D eigenvalue weighted by Crippen LogP contribution is 2.44. The zero-order valence-corrected chi connectivity index (χ0v) is 16.5. The zero-order chi connectivity index (χ0) is 19.8. The summed E-state index contributed by atoms with van der Waals surface area (Å²) in [6, 6.07) is 5.19. The molecule has 146 valence electrons. The van der Waals surface area contributed by atoms with Gasteiger partial charge in [0.25, 0.3) is 0 Å². The van der Waals surface area contributed by atoms with Crippen LogP contribution in [-0.4, -0.2) is 60.5 Å². The molecule has 1 N–H and O–H groups in total. The largest absolute Gasteiger partial charge is 0.495 e. The molecule has 3 rings (SSSR count). The average Bonchev–Trinajstić information content (AvgIpc) is 3.03. The standard InChI is InChI=1S/C17H20N2O6S2/c1-10-3-4-13(25-2)11(7-10)19-12-8-27(23,24)9-14(12)26-17(19)18-15(20)5-6-16(21)22/h3-4,7,12,14H,5-6,8-9H2,1-2H3,(H,21,22). The second-order valence-corrected chi connectivity index (χ2v) is 9.89. The van der Waals surface area contributed by atoms with Crippen LogP contribution in [0, 0.1) is 6.92 Å². The third-order valence-electron chi connectivity index (χ3n) is 4.43. The van der Waals surface area contributed by atoms with Crippen LogP contribution in [0.3, 0.4) is 0 Å². The molecule has 27 heavy (non-hydrogen) atoms. The molecule has 2 saturated heterocycles. The number of carboxylic acid groups (broad SMARTS) is 1. The lowest BCUT2D eigenvalue weighted by atomic mass is 10.1. The molecular weight excluding hydrogens is 392 g/mol. The molecule has 2 fully saturated rings. The van der Waals surface area contributed by atoms with Crippen molar-refractivity contribution in [1.82, 2.24) is 0 Å². The van der Waals surface area contributed by atoms with Crippen molar-refractivity contribution in [3.63, 3.8) is 0 Å². The number of carbonyl (C=O) groups is 2. The lowest BCUT2D eigenvalue weighted by Crippen LogP contribution is -2.38. The van der Waals surface area contributed by atoms with Crippen LogP contribution < -0.4 is 9.64 Å². The topological polar surface area (TPSA) is 113 Å². The van der Waals surface area contributed by atoms with Gasteiger partial charge in [0.2, 0.25) is 5.91 Å². The quantitative estimate of drug-likeness (QED) is 0.773. The maximum absolute atomic E-state index is 12.1. The molecule has 0 saturated carbocycles. The molecule has 2 aliphatic heterocycles. The molecule has 2 aliphatic rings. The van der Waals surface area contributed by atoms with Crippen LogP contribution in [-0.2, 0) is 19.4 Å². The number of anilines is 1. The number of fused-ring (bicyclic) bond motifs is 1. The number of carboxylic acids is 1. The minimum Gasteiger partial charge on any atom is -0.495 e. The van der Waals surface area contributed by atoms with Crippen LogP contribution in [0.4, 0.5) is 5.69 Å². The summed E-state index contributed by atoms with van der Waals surface area (Å²) in [5.41, 5.74) is 1.61. The van der Waals surface area contributed by atoms with Crippen LogP contribution in [0.1, 0.15) is 18.4 Å². The summed E-state index contributed by atoms with van der Waals surface area (Å²) in [6.07, 6.45) is -0.499. The lowest BCUT2D eigenvalue weighted by molar-refractivity contribution is -0.138. The highest BCUT2D eigenvalue weighted by molar-refractivity contribution is 8.16. The second kappa shape index (κ2) is 7.51. The number of aryl methyl sites for hydroxylation is 1. The number of carbonyl (C=O) groups excluding carboxylic acids is 1. The molecule has 0 spiro atoms. The lowest BCUT2D eigenvalue weighted by Gasteiger charge is -2.26. The summed E-state index contributed by atoms with van der Waals surface area (Å²) in [5.74, 6) is -1.06. The first kappa shape index (κ1) is 19.7. The van der Waals surface area contributed by atoms with Crippen molar-refractivity contribution in [2.75, 3.05) is 23.5 Å². The highest BCUT2D eigenvalue weighted by Gasteiger charge is 2.50. The number of aliphatic carboxylic acids is 1. The molecule has 1 amide bonds. The maximum atomic E-state index is 12.1. The Kier molecular flexibility index (Phi) is 5.48. The van der Waals surface area contributed by atoms with Crippen molar-refractivity contribution in [1.29, 1.82) is 0 Å². The molecule has 1 aromatic rings. The maximum Gasteiger partial charge on any atom is 0.303 e. The smallest absolute Gasteiger partial charge is 0.303 e. The number of hydrogen-bond donors (Lipinski definition) is 1. The van der Waals surface area contributed by atoms with Crippen molar-refractivity contribution in [2.45, 2.75) is 31.1 Å². The number of methoxy groups -OCH3 is 1. The van der Waals surface area contributed by atoms with E-state index in [9.17, 15) is 18.0 Å². The summed E-state index contributed by atoms with van der Waals surface area (Å²) in [5, 5.41) is 8.90. The van der Waals surface area contributed by atoms with Crippen LogP contribution in [0.2, 0.25) is 0 Å². The Morgan fingerprint density at radius 2 is 2.07 bits per heavy atom. The number of rotatable bonds is 5. The number of thioether (sulfide) groups is 1. The number of ether oxygens (including phenoxy) is 1. The van der Waals surface area contributed by atoms with E-state index in [-0.39, 0.29) is 35.6 Å². The van der Waals surface area contributed by atoms with Crippen LogP contribution in [0.5, 0.6) is 5.75 Å². The summed E-state index contributed by atoms with van der Waals surface area (Å²) in [7, 11) is -1.65. The average molecular weight is 412 g/mol. The van der Waals surface area contributed by atoms with Gasteiger partial charge in [0.05, 0.1) is 36.8 Å². The highest BCUT2D eigenvalue weighted by atomic mass is 32.2. The van der Waals surface area contributed by atoms with Crippen molar-refractivity contribution < 1.29 is 27.9 Å². The SMILES string of the molecule is COc1ccc(C)cc1N1C(=NC(=O)CCC(=O)O)SC2CS(=O)(=O)CC21. The Morgan fingerprint density at radius 1 is 1.33 bits per heavy atom. The fourth-order valence-electron chi connectivity index (χ4n) is 3.21. The fourth-order valence-corrected chi connectivity index (χ4v) is 7.14. The number of amidine groups is 1. The van der Waals surface area contributed by atoms with Gasteiger partial charge < -0.3 is 14.7 Å². The summed E-state index contributed by atoms with van der Waals surface area (Å²) < 4.78 is 29.6. The van der Waals surface area contributed by atoms with E-state index in [4.69, 9.17) is 9.84 Å². The van der Waals surface area contributed by atoms with E-state index in [1.807, 2.05) is 19.1 Å². The molecule has 10 heteroatoms. The Balaban J connectivity index is 2.00. The summed E-state index contributed by atoms with van der Waals surface area (Å²) in [6.45, 7) is 1.91. The van der Waals surface area contributed by atoms with Crippen molar-refractivity contribution in [3.8, 4) is 5.75 Å². The molecule has 8 nitrogen and oxygen atoms in total. The van der Waals surface area contributed by atoms with Gasteiger partial charge >= 0.3 is 5.97 Å². The second-order valence-electron chi connectivity index (χ2n) is 6.53. The third kappa shape index (κ3) is 4.27. The predicted octanol–water partition coefficient (Wildman–Crippen LogP) is 1.47. The number of benzene rings is 1. The number of nitrogens with zero attached hydrogens (tertiary/aromatic N) is 2. The Morgan fingerprint density at radius 3 is 2.74 bits per heavy atom. The van der Waals surface area contributed by atoms with Crippen molar-refractivity contribution in [3.05, 3.63) is 23.8 Å².